The first kappa shape index (κ1) is 23.6. The Kier molecular flexibility index (Phi) is 8.61. The van der Waals surface area contributed by atoms with Crippen LogP contribution in [0.3, 0.4) is 0 Å². The van der Waals surface area contributed by atoms with E-state index in [9.17, 15) is 9.59 Å². The van der Waals surface area contributed by atoms with Crippen LogP contribution in [0.15, 0.2) is 18.2 Å². The second kappa shape index (κ2) is 10.9. The number of hydrogen-bond donors (Lipinski definition) is 1. The molecule has 0 atom stereocenters. The molecule has 0 saturated heterocycles. The SMILES string of the molecule is COc1cc(OC)cc(C(=O)N(CCCN(C)C)CC(=O)Nc2nc(C)c(C)s2)c1. The minimum Gasteiger partial charge on any atom is -0.497 e. The first-order valence-corrected chi connectivity index (χ1v) is 10.5. The van der Waals surface area contributed by atoms with E-state index in [1.807, 2.05) is 32.8 Å². The summed E-state index contributed by atoms with van der Waals surface area (Å²) in [6.45, 7) is 5.03. The molecule has 1 heterocycles. The highest BCUT2D eigenvalue weighted by Crippen LogP contribution is 2.24. The molecule has 2 amide bonds. The summed E-state index contributed by atoms with van der Waals surface area (Å²) in [6.07, 6.45) is 0.739. The number of rotatable bonds is 10. The van der Waals surface area contributed by atoms with Crippen molar-refractivity contribution in [1.82, 2.24) is 14.8 Å². The van der Waals surface area contributed by atoms with Gasteiger partial charge in [-0.15, -0.1) is 11.3 Å². The molecule has 1 N–H and O–H groups in total. The van der Waals surface area contributed by atoms with E-state index in [1.165, 1.54) is 25.6 Å². The van der Waals surface area contributed by atoms with Crippen LogP contribution in [0.5, 0.6) is 11.5 Å². The van der Waals surface area contributed by atoms with Crippen LogP contribution in [0.25, 0.3) is 0 Å². The summed E-state index contributed by atoms with van der Waals surface area (Å²) in [6, 6.07) is 5.00. The molecule has 8 nitrogen and oxygen atoms in total. The monoisotopic (exact) mass is 434 g/mol. The van der Waals surface area contributed by atoms with Gasteiger partial charge in [-0.05, 0) is 53.0 Å². The third-order valence-electron chi connectivity index (χ3n) is 4.53. The summed E-state index contributed by atoms with van der Waals surface area (Å²) in [5.74, 6) is 0.498. The lowest BCUT2D eigenvalue weighted by Gasteiger charge is -2.23. The Labute approximate surface area is 181 Å². The summed E-state index contributed by atoms with van der Waals surface area (Å²) >= 11 is 1.42. The van der Waals surface area contributed by atoms with Gasteiger partial charge in [0, 0.05) is 23.1 Å². The lowest BCUT2D eigenvalue weighted by atomic mass is 10.1. The number of hydrogen-bond acceptors (Lipinski definition) is 7. The maximum Gasteiger partial charge on any atom is 0.254 e. The maximum absolute atomic E-state index is 13.2. The predicted octanol–water partition coefficient (Wildman–Crippen LogP) is 2.81. The van der Waals surface area contributed by atoms with Crippen molar-refractivity contribution >= 4 is 28.3 Å². The van der Waals surface area contributed by atoms with Gasteiger partial charge in [-0.1, -0.05) is 0 Å². The fourth-order valence-corrected chi connectivity index (χ4v) is 3.63. The van der Waals surface area contributed by atoms with Gasteiger partial charge in [0.05, 0.1) is 19.9 Å². The number of carbonyl (C=O) groups excluding carboxylic acids is 2. The molecule has 0 radical (unpaired) electrons. The van der Waals surface area contributed by atoms with Gasteiger partial charge in [0.25, 0.3) is 5.91 Å². The largest absolute Gasteiger partial charge is 0.497 e. The van der Waals surface area contributed by atoms with Gasteiger partial charge in [0.15, 0.2) is 5.13 Å². The maximum atomic E-state index is 13.2. The number of ether oxygens (including phenoxy) is 2. The lowest BCUT2D eigenvalue weighted by Crippen LogP contribution is -2.39. The first-order valence-electron chi connectivity index (χ1n) is 9.64. The van der Waals surface area contributed by atoms with Crippen LogP contribution in [0.1, 0.15) is 27.3 Å². The van der Waals surface area contributed by atoms with E-state index in [4.69, 9.17) is 9.47 Å². The molecule has 9 heteroatoms. The van der Waals surface area contributed by atoms with Gasteiger partial charge in [0.2, 0.25) is 5.91 Å². The standard InChI is InChI=1S/C21H30N4O4S/c1-14-15(2)30-21(22-14)23-19(26)13-25(9-7-8-24(3)4)20(27)16-10-17(28-5)12-18(11-16)29-6/h10-12H,7-9,13H2,1-6H3,(H,22,23,26). The molecule has 2 rings (SSSR count). The number of thiazole rings is 1. The van der Waals surface area contributed by atoms with Crippen LogP contribution in [0, 0.1) is 13.8 Å². The number of methoxy groups -OCH3 is 2. The van der Waals surface area contributed by atoms with Crippen molar-refractivity contribution in [3.8, 4) is 11.5 Å². The molecule has 1 aromatic carbocycles. The number of benzene rings is 1. The molecule has 164 valence electrons. The zero-order valence-electron chi connectivity index (χ0n) is 18.4. The Balaban J connectivity index is 2.18. The number of nitrogens with zero attached hydrogens (tertiary/aromatic N) is 3. The molecular weight excluding hydrogens is 404 g/mol. The lowest BCUT2D eigenvalue weighted by molar-refractivity contribution is -0.116. The van der Waals surface area contributed by atoms with Crippen LogP contribution in [0.2, 0.25) is 0 Å². The molecule has 0 saturated carbocycles. The molecule has 0 aliphatic carbocycles. The zero-order chi connectivity index (χ0) is 22.3. The average Bonchev–Trinajstić information content (AvgIpc) is 3.02. The first-order chi connectivity index (χ1) is 14.2. The Morgan fingerprint density at radius 2 is 1.70 bits per heavy atom. The summed E-state index contributed by atoms with van der Waals surface area (Å²) in [5.41, 5.74) is 1.29. The number of anilines is 1. The van der Waals surface area contributed by atoms with Crippen LogP contribution in [0.4, 0.5) is 5.13 Å². The normalized spacial score (nSPS) is 10.8. The van der Waals surface area contributed by atoms with Crippen molar-refractivity contribution < 1.29 is 19.1 Å². The Hall–Kier alpha value is -2.65. The second-order valence-corrected chi connectivity index (χ2v) is 8.40. The molecule has 0 fully saturated rings. The third-order valence-corrected chi connectivity index (χ3v) is 5.52. The van der Waals surface area contributed by atoms with Crippen molar-refractivity contribution in [2.24, 2.45) is 0 Å². The molecule has 0 unspecified atom stereocenters. The third kappa shape index (κ3) is 6.70. The number of carbonyl (C=O) groups is 2. The van der Waals surface area contributed by atoms with Gasteiger partial charge >= 0.3 is 0 Å². The van der Waals surface area contributed by atoms with E-state index in [-0.39, 0.29) is 18.4 Å². The molecule has 2 aromatic rings. The average molecular weight is 435 g/mol. The Morgan fingerprint density at radius 3 is 2.20 bits per heavy atom. The van der Waals surface area contributed by atoms with Crippen LogP contribution >= 0.6 is 11.3 Å². The quantitative estimate of drug-likeness (QED) is 0.619. The fourth-order valence-electron chi connectivity index (χ4n) is 2.80. The van der Waals surface area contributed by atoms with Gasteiger partial charge < -0.3 is 24.6 Å². The van der Waals surface area contributed by atoms with E-state index < -0.39 is 0 Å². The molecule has 30 heavy (non-hydrogen) atoms. The Morgan fingerprint density at radius 1 is 1.07 bits per heavy atom. The summed E-state index contributed by atoms with van der Waals surface area (Å²) in [4.78, 5) is 34.8. The summed E-state index contributed by atoms with van der Waals surface area (Å²) in [5, 5.41) is 3.34. The van der Waals surface area contributed by atoms with Crippen LogP contribution in [-0.2, 0) is 4.79 Å². The fraction of sp³-hybridized carbons (Fsp3) is 0.476. The summed E-state index contributed by atoms with van der Waals surface area (Å²) in [7, 11) is 7.00. The minimum atomic E-state index is -0.281. The highest BCUT2D eigenvalue weighted by molar-refractivity contribution is 7.15. The summed E-state index contributed by atoms with van der Waals surface area (Å²) < 4.78 is 10.5. The van der Waals surface area contributed by atoms with Gasteiger partial charge in [0.1, 0.15) is 18.0 Å². The van der Waals surface area contributed by atoms with Crippen molar-refractivity contribution in [3.63, 3.8) is 0 Å². The van der Waals surface area contributed by atoms with Crippen LogP contribution in [-0.4, -0.2) is 74.5 Å². The van der Waals surface area contributed by atoms with E-state index in [1.54, 1.807) is 23.1 Å². The van der Waals surface area contributed by atoms with Crippen molar-refractivity contribution in [1.29, 1.82) is 0 Å². The molecule has 0 aliphatic heterocycles. The minimum absolute atomic E-state index is 0.0660. The van der Waals surface area contributed by atoms with Crippen LogP contribution < -0.4 is 14.8 Å². The Bertz CT molecular complexity index is 840. The highest BCUT2D eigenvalue weighted by Gasteiger charge is 2.21. The molecule has 1 aromatic heterocycles. The molecular formula is C21H30N4O4S. The molecule has 0 bridgehead atoms. The van der Waals surface area contributed by atoms with Gasteiger partial charge in [-0.3, -0.25) is 9.59 Å². The topological polar surface area (TPSA) is 84.0 Å². The van der Waals surface area contributed by atoms with Crippen molar-refractivity contribution in [2.45, 2.75) is 20.3 Å². The van der Waals surface area contributed by atoms with Gasteiger partial charge in [-0.25, -0.2) is 4.98 Å². The molecule has 0 aliphatic rings. The van der Waals surface area contributed by atoms with Gasteiger partial charge in [-0.2, -0.15) is 0 Å². The van der Waals surface area contributed by atoms with E-state index in [0.717, 1.165) is 23.5 Å². The number of nitrogens with one attached hydrogen (secondary N) is 1. The zero-order valence-corrected chi connectivity index (χ0v) is 19.3. The number of aryl methyl sites for hydroxylation is 2. The number of aromatic nitrogens is 1. The number of amides is 2. The predicted molar refractivity (Wildman–Crippen MR) is 119 cm³/mol. The van der Waals surface area contributed by atoms with E-state index >= 15 is 0 Å². The second-order valence-electron chi connectivity index (χ2n) is 7.19. The highest BCUT2D eigenvalue weighted by atomic mass is 32.1. The molecule has 0 spiro atoms. The van der Waals surface area contributed by atoms with Crippen molar-refractivity contribution in [3.05, 3.63) is 34.3 Å². The van der Waals surface area contributed by atoms with E-state index in [2.05, 4.69) is 10.3 Å². The van der Waals surface area contributed by atoms with E-state index in [0.29, 0.717) is 28.7 Å². The van der Waals surface area contributed by atoms with Crippen molar-refractivity contribution in [2.75, 3.05) is 53.3 Å². The smallest absolute Gasteiger partial charge is 0.254 e.